The topological polar surface area (TPSA) is 90.4 Å². The third-order valence-corrected chi connectivity index (χ3v) is 8.89. The Balaban J connectivity index is 1.57. The van der Waals surface area contributed by atoms with Crippen LogP contribution >= 0.6 is 0 Å². The van der Waals surface area contributed by atoms with E-state index in [1.54, 1.807) is 22.0 Å². The van der Waals surface area contributed by atoms with E-state index in [0.29, 0.717) is 31.6 Å². The third-order valence-electron chi connectivity index (χ3n) is 8.89. The maximum Gasteiger partial charge on any atom is 0.253 e. The first-order valence-electron chi connectivity index (χ1n) is 14.2. The minimum absolute atomic E-state index is 0.0144. The van der Waals surface area contributed by atoms with Crippen LogP contribution in [0.15, 0.2) is 67.8 Å². The maximum atomic E-state index is 14.6. The SMILES string of the molecule is C=CCN(CCC)C(=O)[C@H]1[C@H]2C(=O)N(CCO)C(C(=O)N(CC=C)c3ccc4ccccc4c3)C23CC[C@]1(C)O3. The van der Waals surface area contributed by atoms with E-state index in [2.05, 4.69) is 13.2 Å². The van der Waals surface area contributed by atoms with Crippen molar-refractivity contribution in [1.29, 1.82) is 0 Å². The Labute approximate surface area is 235 Å². The maximum absolute atomic E-state index is 14.6. The molecule has 5 atom stereocenters. The van der Waals surface area contributed by atoms with E-state index >= 15 is 0 Å². The molecular formula is C32H39N3O5. The number of amides is 3. The number of anilines is 1. The molecule has 5 rings (SSSR count). The molecule has 3 aliphatic rings. The molecule has 212 valence electrons. The molecule has 0 radical (unpaired) electrons. The van der Waals surface area contributed by atoms with Crippen molar-refractivity contribution >= 4 is 34.2 Å². The highest BCUT2D eigenvalue weighted by molar-refractivity contribution is 6.06. The van der Waals surface area contributed by atoms with Gasteiger partial charge in [-0.3, -0.25) is 14.4 Å². The lowest BCUT2D eigenvalue weighted by atomic mass is 9.66. The number of rotatable bonds is 11. The lowest BCUT2D eigenvalue weighted by Gasteiger charge is -2.37. The van der Waals surface area contributed by atoms with Crippen molar-refractivity contribution in [2.75, 3.05) is 37.7 Å². The normalized spacial score (nSPS) is 28.5. The van der Waals surface area contributed by atoms with E-state index in [9.17, 15) is 19.5 Å². The molecule has 2 aromatic carbocycles. The van der Waals surface area contributed by atoms with Crippen LogP contribution in [0.1, 0.15) is 33.1 Å². The molecule has 3 fully saturated rings. The Kier molecular flexibility index (Phi) is 7.59. The van der Waals surface area contributed by atoms with Gasteiger partial charge < -0.3 is 24.5 Å². The molecule has 2 bridgehead atoms. The zero-order valence-electron chi connectivity index (χ0n) is 23.4. The highest BCUT2D eigenvalue weighted by Crippen LogP contribution is 2.63. The average Bonchev–Trinajstić information content (AvgIpc) is 3.51. The van der Waals surface area contributed by atoms with Gasteiger partial charge in [-0.2, -0.15) is 0 Å². The van der Waals surface area contributed by atoms with Gasteiger partial charge in [0.15, 0.2) is 0 Å². The van der Waals surface area contributed by atoms with Gasteiger partial charge in [0.25, 0.3) is 5.91 Å². The third kappa shape index (κ3) is 4.25. The summed E-state index contributed by atoms with van der Waals surface area (Å²) in [5, 5.41) is 12.0. The fourth-order valence-corrected chi connectivity index (χ4v) is 7.29. The van der Waals surface area contributed by atoms with Gasteiger partial charge in [-0.15, -0.1) is 13.2 Å². The number of ether oxygens (including phenoxy) is 1. The molecule has 0 aliphatic carbocycles. The molecule has 8 nitrogen and oxygen atoms in total. The largest absolute Gasteiger partial charge is 0.395 e. The lowest BCUT2D eigenvalue weighted by Crippen LogP contribution is -2.57. The second-order valence-corrected chi connectivity index (χ2v) is 11.3. The van der Waals surface area contributed by atoms with E-state index in [1.807, 2.05) is 56.3 Å². The summed E-state index contributed by atoms with van der Waals surface area (Å²) in [5.41, 5.74) is -1.33. The summed E-state index contributed by atoms with van der Waals surface area (Å²) >= 11 is 0. The summed E-state index contributed by atoms with van der Waals surface area (Å²) in [7, 11) is 0. The number of hydrogen-bond donors (Lipinski definition) is 1. The van der Waals surface area contributed by atoms with Crippen molar-refractivity contribution in [3.8, 4) is 0 Å². The summed E-state index contributed by atoms with van der Waals surface area (Å²) in [6, 6.07) is 12.8. The van der Waals surface area contributed by atoms with Crippen molar-refractivity contribution in [1.82, 2.24) is 9.80 Å². The second kappa shape index (κ2) is 10.8. The van der Waals surface area contributed by atoms with Crippen LogP contribution in [0.3, 0.4) is 0 Å². The first-order valence-corrected chi connectivity index (χ1v) is 14.2. The van der Waals surface area contributed by atoms with Crippen molar-refractivity contribution in [2.24, 2.45) is 11.8 Å². The zero-order chi connectivity index (χ0) is 28.7. The molecule has 2 unspecified atom stereocenters. The second-order valence-electron chi connectivity index (χ2n) is 11.3. The Morgan fingerprint density at radius 2 is 1.82 bits per heavy atom. The van der Waals surface area contributed by atoms with Gasteiger partial charge in [0.1, 0.15) is 11.6 Å². The highest BCUT2D eigenvalue weighted by Gasteiger charge is 2.78. The first kappa shape index (κ1) is 28.1. The number of likely N-dealkylation sites (tertiary alicyclic amines) is 1. The molecule has 3 heterocycles. The van der Waals surface area contributed by atoms with Gasteiger partial charge in [-0.05, 0) is 49.1 Å². The number of nitrogens with zero attached hydrogens (tertiary/aromatic N) is 3. The summed E-state index contributed by atoms with van der Waals surface area (Å²) < 4.78 is 6.74. The van der Waals surface area contributed by atoms with Crippen LogP contribution < -0.4 is 4.90 Å². The number of fused-ring (bicyclic) bond motifs is 2. The van der Waals surface area contributed by atoms with Crippen LogP contribution in [0, 0.1) is 11.8 Å². The Morgan fingerprint density at radius 1 is 1.10 bits per heavy atom. The lowest BCUT2D eigenvalue weighted by molar-refractivity contribution is -0.149. The zero-order valence-corrected chi connectivity index (χ0v) is 23.4. The number of benzene rings is 2. The molecule has 1 spiro atoms. The van der Waals surface area contributed by atoms with E-state index in [-0.39, 0.29) is 37.4 Å². The molecule has 8 heteroatoms. The van der Waals surface area contributed by atoms with Gasteiger partial charge >= 0.3 is 0 Å². The quantitative estimate of drug-likeness (QED) is 0.437. The standard InChI is InChI=1S/C32H39N3O5/c1-5-16-33(17-6-2)28(37)25-26-29(38)35(19-20-36)27(32(26)15-14-31(25,4)40-32)30(39)34(18-7-3)24-13-12-22-10-8-9-11-23(22)21-24/h5,7-13,21,25-27,36H,1,3,6,14-20H2,2,4H3/t25-,26+,27?,31+,32?/m1/s1. The van der Waals surface area contributed by atoms with Crippen molar-refractivity contribution in [2.45, 2.75) is 50.4 Å². The molecule has 3 saturated heterocycles. The van der Waals surface area contributed by atoms with Gasteiger partial charge in [-0.25, -0.2) is 0 Å². The number of aliphatic hydroxyl groups excluding tert-OH is 1. The molecule has 40 heavy (non-hydrogen) atoms. The van der Waals surface area contributed by atoms with Crippen molar-refractivity contribution < 1.29 is 24.2 Å². The Bertz CT molecular complexity index is 1340. The number of carbonyl (C=O) groups excluding carboxylic acids is 3. The summed E-state index contributed by atoms with van der Waals surface area (Å²) in [4.78, 5) is 47.5. The average molecular weight is 546 g/mol. The Hall–Kier alpha value is -3.49. The van der Waals surface area contributed by atoms with Gasteiger partial charge in [0.2, 0.25) is 11.8 Å². The molecule has 1 N–H and O–H groups in total. The van der Waals surface area contributed by atoms with Crippen LogP contribution in [0.4, 0.5) is 5.69 Å². The molecule has 3 aliphatic heterocycles. The number of β-amino-alcohol motifs (C(OH)–C–C–N with tert-alkyl or cyclic N) is 1. The smallest absolute Gasteiger partial charge is 0.253 e. The fraction of sp³-hybridized carbons (Fsp3) is 0.469. The van der Waals surface area contributed by atoms with Crippen LogP contribution in [0.25, 0.3) is 10.8 Å². The van der Waals surface area contributed by atoms with Gasteiger partial charge in [0, 0.05) is 31.9 Å². The van der Waals surface area contributed by atoms with Crippen molar-refractivity contribution in [3.05, 3.63) is 67.8 Å². The van der Waals surface area contributed by atoms with E-state index in [1.165, 1.54) is 4.90 Å². The Morgan fingerprint density at radius 3 is 2.50 bits per heavy atom. The van der Waals surface area contributed by atoms with Gasteiger partial charge in [0.05, 0.1) is 24.0 Å². The van der Waals surface area contributed by atoms with Crippen LogP contribution in [-0.2, 0) is 19.1 Å². The first-order chi connectivity index (χ1) is 19.3. The minimum atomic E-state index is -1.15. The monoisotopic (exact) mass is 545 g/mol. The molecular weight excluding hydrogens is 506 g/mol. The van der Waals surface area contributed by atoms with Crippen LogP contribution in [-0.4, -0.2) is 82.7 Å². The molecule has 2 aromatic rings. The van der Waals surface area contributed by atoms with E-state index in [0.717, 1.165) is 17.2 Å². The summed E-state index contributed by atoms with van der Waals surface area (Å²) in [5.74, 6) is -2.26. The highest BCUT2D eigenvalue weighted by atomic mass is 16.5. The molecule has 0 saturated carbocycles. The van der Waals surface area contributed by atoms with Crippen LogP contribution in [0.2, 0.25) is 0 Å². The summed E-state index contributed by atoms with van der Waals surface area (Å²) in [6.07, 6.45) is 5.17. The predicted octanol–water partition coefficient (Wildman–Crippen LogP) is 3.54. The molecule has 0 aromatic heterocycles. The van der Waals surface area contributed by atoms with E-state index < -0.39 is 29.1 Å². The number of aliphatic hydroxyl groups is 1. The number of carbonyl (C=O) groups is 3. The number of hydrogen-bond acceptors (Lipinski definition) is 5. The minimum Gasteiger partial charge on any atom is -0.395 e. The van der Waals surface area contributed by atoms with Gasteiger partial charge in [-0.1, -0.05) is 49.4 Å². The summed E-state index contributed by atoms with van der Waals surface area (Å²) in [6.45, 7) is 12.4. The fourth-order valence-electron chi connectivity index (χ4n) is 7.29. The van der Waals surface area contributed by atoms with E-state index in [4.69, 9.17) is 4.74 Å². The molecule has 3 amide bonds. The van der Waals surface area contributed by atoms with Crippen LogP contribution in [0.5, 0.6) is 0 Å². The van der Waals surface area contributed by atoms with Crippen molar-refractivity contribution in [3.63, 3.8) is 0 Å². The predicted molar refractivity (Wildman–Crippen MR) is 155 cm³/mol.